The van der Waals surface area contributed by atoms with Crippen LogP contribution in [0.2, 0.25) is 0 Å². The Morgan fingerprint density at radius 3 is 2.90 bits per heavy atom. The van der Waals surface area contributed by atoms with Crippen LogP contribution in [0.3, 0.4) is 0 Å². The number of hydrogen-bond acceptors (Lipinski definition) is 5. The third-order valence-corrected chi connectivity index (χ3v) is 4.68. The lowest BCUT2D eigenvalue weighted by Crippen LogP contribution is -2.41. The highest BCUT2D eigenvalue weighted by atomic mass is 32.2. The summed E-state index contributed by atoms with van der Waals surface area (Å²) in [5.41, 5.74) is 0. The van der Waals surface area contributed by atoms with E-state index in [2.05, 4.69) is 27.8 Å². The van der Waals surface area contributed by atoms with Gasteiger partial charge in [-0.3, -0.25) is 4.79 Å². The molecule has 2 atom stereocenters. The molecule has 1 saturated carbocycles. The van der Waals surface area contributed by atoms with E-state index < -0.39 is 0 Å². The molecule has 7 heteroatoms. The number of rotatable bonds is 5. The van der Waals surface area contributed by atoms with Gasteiger partial charge in [0, 0.05) is 6.04 Å². The van der Waals surface area contributed by atoms with E-state index in [4.69, 9.17) is 0 Å². The number of amides is 1. The third kappa shape index (κ3) is 3.94. The summed E-state index contributed by atoms with van der Waals surface area (Å²) in [5.74, 6) is 1.03. The molecule has 0 radical (unpaired) electrons. The minimum Gasteiger partial charge on any atom is -0.352 e. The molecule has 1 aromatic rings. The molecule has 0 spiro atoms. The van der Waals surface area contributed by atoms with Crippen LogP contribution < -0.4 is 5.32 Å². The summed E-state index contributed by atoms with van der Waals surface area (Å²) in [7, 11) is 0. The Bertz CT molecular complexity index is 448. The quantitative estimate of drug-likeness (QED) is 0.842. The Morgan fingerprint density at radius 1 is 1.45 bits per heavy atom. The van der Waals surface area contributed by atoms with Crippen molar-refractivity contribution in [2.75, 3.05) is 5.75 Å². The predicted molar refractivity (Wildman–Crippen MR) is 78.5 cm³/mol. The van der Waals surface area contributed by atoms with Gasteiger partial charge in [0.05, 0.1) is 11.8 Å². The van der Waals surface area contributed by atoms with Crippen molar-refractivity contribution < 1.29 is 4.79 Å². The predicted octanol–water partition coefficient (Wildman–Crippen LogP) is 2.04. The molecule has 20 heavy (non-hydrogen) atoms. The van der Waals surface area contributed by atoms with Gasteiger partial charge < -0.3 is 5.32 Å². The van der Waals surface area contributed by atoms with Gasteiger partial charge in [0.25, 0.3) is 0 Å². The van der Waals surface area contributed by atoms with Gasteiger partial charge in [0.1, 0.15) is 0 Å². The summed E-state index contributed by atoms with van der Waals surface area (Å²) in [5, 5.41) is 15.4. The van der Waals surface area contributed by atoms with E-state index in [1.165, 1.54) is 31.0 Å². The monoisotopic (exact) mass is 297 g/mol. The van der Waals surface area contributed by atoms with E-state index in [1.54, 1.807) is 4.68 Å². The maximum atomic E-state index is 12.0. The van der Waals surface area contributed by atoms with Crippen molar-refractivity contribution in [1.82, 2.24) is 25.5 Å². The molecule has 112 valence electrons. The Kier molecular flexibility index (Phi) is 5.39. The van der Waals surface area contributed by atoms with E-state index in [9.17, 15) is 4.79 Å². The van der Waals surface area contributed by atoms with Gasteiger partial charge in [-0.2, -0.15) is 0 Å². The van der Waals surface area contributed by atoms with Crippen LogP contribution >= 0.6 is 11.8 Å². The third-order valence-electron chi connectivity index (χ3n) is 3.74. The number of nitrogens with one attached hydrogen (secondary N) is 1. The highest BCUT2D eigenvalue weighted by Gasteiger charge is 2.23. The maximum absolute atomic E-state index is 12.0. The summed E-state index contributed by atoms with van der Waals surface area (Å²) < 4.78 is 1.74. The van der Waals surface area contributed by atoms with Crippen molar-refractivity contribution in [3.63, 3.8) is 0 Å². The molecular weight excluding hydrogens is 274 g/mol. The molecule has 0 aromatic carbocycles. The second-order valence-corrected chi connectivity index (χ2v) is 6.67. The van der Waals surface area contributed by atoms with Crippen LogP contribution in [0.15, 0.2) is 5.16 Å². The number of nitrogens with zero attached hydrogens (tertiary/aromatic N) is 4. The molecule has 0 unspecified atom stereocenters. The summed E-state index contributed by atoms with van der Waals surface area (Å²) >= 11 is 1.39. The van der Waals surface area contributed by atoms with Gasteiger partial charge in [-0.15, -0.1) is 5.10 Å². The molecule has 1 aliphatic carbocycles. The Morgan fingerprint density at radius 2 is 2.20 bits per heavy atom. The molecule has 1 aliphatic rings. The highest BCUT2D eigenvalue weighted by molar-refractivity contribution is 7.99. The maximum Gasteiger partial charge on any atom is 0.230 e. The van der Waals surface area contributed by atoms with Gasteiger partial charge in [-0.05, 0) is 43.0 Å². The first kappa shape index (κ1) is 15.3. The van der Waals surface area contributed by atoms with Crippen molar-refractivity contribution in [3.05, 3.63) is 0 Å². The molecule has 0 aliphatic heterocycles. The van der Waals surface area contributed by atoms with E-state index in [-0.39, 0.29) is 11.9 Å². The fraction of sp³-hybridized carbons (Fsp3) is 0.846. The van der Waals surface area contributed by atoms with E-state index in [0.29, 0.717) is 22.9 Å². The van der Waals surface area contributed by atoms with Crippen LogP contribution in [0.25, 0.3) is 0 Å². The molecule has 0 bridgehead atoms. The highest BCUT2D eigenvalue weighted by Crippen LogP contribution is 2.24. The van der Waals surface area contributed by atoms with Crippen LogP contribution in [-0.4, -0.2) is 37.9 Å². The molecule has 6 nitrogen and oxygen atoms in total. The molecule has 1 N–H and O–H groups in total. The van der Waals surface area contributed by atoms with Gasteiger partial charge in [0.15, 0.2) is 0 Å². The zero-order valence-corrected chi connectivity index (χ0v) is 13.2. The normalized spacial score (nSPS) is 23.0. The Labute approximate surface area is 124 Å². The summed E-state index contributed by atoms with van der Waals surface area (Å²) in [6.07, 6.45) is 4.81. The lowest BCUT2D eigenvalue weighted by molar-refractivity contribution is -0.119. The van der Waals surface area contributed by atoms with E-state index in [0.717, 1.165) is 6.42 Å². The largest absolute Gasteiger partial charge is 0.352 e. The zero-order valence-electron chi connectivity index (χ0n) is 12.4. The molecular formula is C13H23N5OS. The zero-order chi connectivity index (χ0) is 14.5. The van der Waals surface area contributed by atoms with Crippen molar-refractivity contribution in [2.45, 2.75) is 63.7 Å². The van der Waals surface area contributed by atoms with Crippen LogP contribution in [0, 0.1) is 5.92 Å². The molecule has 0 saturated heterocycles. The number of carbonyl (C=O) groups excluding carboxylic acids is 1. The average molecular weight is 297 g/mol. The number of tetrazole rings is 1. The van der Waals surface area contributed by atoms with Crippen molar-refractivity contribution >= 4 is 17.7 Å². The van der Waals surface area contributed by atoms with E-state index in [1.807, 2.05) is 13.8 Å². The fourth-order valence-corrected chi connectivity index (χ4v) is 3.33. The number of hydrogen-bond donors (Lipinski definition) is 1. The van der Waals surface area contributed by atoms with Crippen molar-refractivity contribution in [1.29, 1.82) is 0 Å². The lowest BCUT2D eigenvalue weighted by atomic mass is 9.86. The SMILES string of the molecule is CC(C)n1nnnc1SCC(=O)N[C@H]1CCCC[C@@H]1C. The molecule has 1 aromatic heterocycles. The molecule has 1 fully saturated rings. The van der Waals surface area contributed by atoms with Crippen molar-refractivity contribution in [3.8, 4) is 0 Å². The number of carbonyl (C=O) groups is 1. The van der Waals surface area contributed by atoms with Gasteiger partial charge in [0.2, 0.25) is 11.1 Å². The van der Waals surface area contributed by atoms with Crippen LogP contribution in [0.4, 0.5) is 0 Å². The van der Waals surface area contributed by atoms with Gasteiger partial charge >= 0.3 is 0 Å². The summed E-state index contributed by atoms with van der Waals surface area (Å²) in [4.78, 5) is 12.0. The molecule has 1 amide bonds. The first-order valence-electron chi connectivity index (χ1n) is 7.28. The smallest absolute Gasteiger partial charge is 0.230 e. The number of thioether (sulfide) groups is 1. The molecule has 1 heterocycles. The van der Waals surface area contributed by atoms with Gasteiger partial charge in [-0.25, -0.2) is 4.68 Å². The second kappa shape index (κ2) is 7.06. The lowest BCUT2D eigenvalue weighted by Gasteiger charge is -2.29. The molecule has 2 rings (SSSR count). The second-order valence-electron chi connectivity index (χ2n) is 5.72. The Hall–Kier alpha value is -1.11. The van der Waals surface area contributed by atoms with Crippen LogP contribution in [0.5, 0.6) is 0 Å². The van der Waals surface area contributed by atoms with E-state index >= 15 is 0 Å². The van der Waals surface area contributed by atoms with Crippen molar-refractivity contribution in [2.24, 2.45) is 5.92 Å². The van der Waals surface area contributed by atoms with Crippen LogP contribution in [0.1, 0.15) is 52.5 Å². The first-order valence-corrected chi connectivity index (χ1v) is 8.26. The minimum absolute atomic E-state index is 0.0760. The number of aromatic nitrogens is 4. The van der Waals surface area contributed by atoms with Crippen LogP contribution in [-0.2, 0) is 4.79 Å². The Balaban J connectivity index is 1.81. The first-order chi connectivity index (χ1) is 9.58. The fourth-order valence-electron chi connectivity index (χ4n) is 2.51. The van der Waals surface area contributed by atoms with Gasteiger partial charge in [-0.1, -0.05) is 31.5 Å². The summed E-state index contributed by atoms with van der Waals surface area (Å²) in [6.45, 7) is 6.25. The topological polar surface area (TPSA) is 72.7 Å². The average Bonchev–Trinajstić information content (AvgIpc) is 2.88. The minimum atomic E-state index is 0.0760. The summed E-state index contributed by atoms with van der Waals surface area (Å²) in [6, 6.07) is 0.534. The standard InChI is InChI=1S/C13H23N5OS/c1-9(2)18-13(15-16-17-18)20-8-12(19)14-11-7-5-4-6-10(11)3/h9-11H,4-8H2,1-3H3,(H,14,19)/t10-,11-/m0/s1.